The third kappa shape index (κ3) is 4.44. The number of nitrogens with zero attached hydrogens (tertiary/aromatic N) is 2. The van der Waals surface area contributed by atoms with E-state index in [0.29, 0.717) is 6.42 Å². The molecule has 0 heterocycles. The maximum Gasteiger partial charge on any atom is 0.122 e. The first kappa shape index (κ1) is 14.7. The van der Waals surface area contributed by atoms with E-state index in [2.05, 4.69) is 17.8 Å². The topological polar surface area (TPSA) is 45.4 Å². The van der Waals surface area contributed by atoms with Gasteiger partial charge in [0.25, 0.3) is 0 Å². The lowest BCUT2D eigenvalue weighted by molar-refractivity contribution is 0.408. The van der Waals surface area contributed by atoms with Gasteiger partial charge in [0.2, 0.25) is 0 Å². The van der Waals surface area contributed by atoms with Crippen molar-refractivity contribution in [2.24, 2.45) is 10.9 Å². The van der Waals surface area contributed by atoms with Gasteiger partial charge in [-0.1, -0.05) is 29.8 Å². The number of hydrogen-bond donors (Lipinski definition) is 0. The maximum absolute atomic E-state index is 9.29. The monoisotopic (exact) mass is 254 g/mol. The van der Waals surface area contributed by atoms with Gasteiger partial charge in [-0.15, -0.1) is 0 Å². The minimum absolute atomic E-state index is 0.175. The zero-order valence-electron chi connectivity index (χ0n) is 11.3. The Hall–Kier alpha value is -2.34. The van der Waals surface area contributed by atoms with Crippen molar-refractivity contribution >= 4 is 6.72 Å². The van der Waals surface area contributed by atoms with Crippen LogP contribution in [0.2, 0.25) is 0 Å². The van der Waals surface area contributed by atoms with E-state index in [1.54, 1.807) is 19.4 Å². The van der Waals surface area contributed by atoms with E-state index in [1.807, 2.05) is 37.3 Å². The van der Waals surface area contributed by atoms with E-state index in [4.69, 9.17) is 4.74 Å². The molecule has 1 rings (SSSR count). The number of methoxy groups -OCH3 is 1. The van der Waals surface area contributed by atoms with E-state index in [-0.39, 0.29) is 5.92 Å². The molecular weight excluding hydrogens is 236 g/mol. The Morgan fingerprint density at radius 1 is 1.53 bits per heavy atom. The number of rotatable bonds is 6. The highest BCUT2D eigenvalue weighted by Crippen LogP contribution is 2.23. The number of aliphatic imine (C=N–C) groups is 1. The molecule has 0 amide bonds. The first-order chi connectivity index (χ1) is 9.22. The van der Waals surface area contributed by atoms with Gasteiger partial charge in [-0.25, -0.2) is 0 Å². The molecule has 1 aromatic carbocycles. The number of benzene rings is 1. The lowest BCUT2D eigenvalue weighted by atomic mass is 9.93. The fourth-order valence-electron chi connectivity index (χ4n) is 1.77. The smallest absolute Gasteiger partial charge is 0.122 e. The molecule has 0 aliphatic carbocycles. The van der Waals surface area contributed by atoms with Crippen LogP contribution in [0.15, 0.2) is 53.2 Å². The molecule has 0 saturated heterocycles. The maximum atomic E-state index is 9.29. The van der Waals surface area contributed by atoms with Crippen LogP contribution in [0.3, 0.4) is 0 Å². The van der Waals surface area contributed by atoms with Crippen molar-refractivity contribution in [2.45, 2.75) is 13.3 Å². The molecule has 98 valence electrons. The molecule has 0 radical (unpaired) electrons. The van der Waals surface area contributed by atoms with Crippen LogP contribution in [-0.2, 0) is 6.42 Å². The Balaban J connectivity index is 2.88. The number of hydrogen-bond acceptors (Lipinski definition) is 3. The molecule has 3 heteroatoms. The van der Waals surface area contributed by atoms with Gasteiger partial charge in [-0.05, 0) is 37.8 Å². The highest BCUT2D eigenvalue weighted by atomic mass is 16.5. The van der Waals surface area contributed by atoms with Gasteiger partial charge in [0.15, 0.2) is 0 Å². The fourth-order valence-corrected chi connectivity index (χ4v) is 1.77. The summed E-state index contributed by atoms with van der Waals surface area (Å²) in [5.74, 6) is 0.643. The second kappa shape index (κ2) is 7.88. The lowest BCUT2D eigenvalue weighted by Gasteiger charge is -2.12. The molecule has 1 unspecified atom stereocenters. The second-order valence-corrected chi connectivity index (χ2v) is 4.13. The van der Waals surface area contributed by atoms with E-state index in [0.717, 1.165) is 16.9 Å². The van der Waals surface area contributed by atoms with E-state index < -0.39 is 0 Å². The zero-order chi connectivity index (χ0) is 14.1. The zero-order valence-corrected chi connectivity index (χ0v) is 11.3. The number of allylic oxidation sites excluding steroid dienone is 3. The van der Waals surface area contributed by atoms with Gasteiger partial charge in [0.1, 0.15) is 5.75 Å². The van der Waals surface area contributed by atoms with Crippen molar-refractivity contribution < 1.29 is 4.74 Å². The van der Waals surface area contributed by atoms with Gasteiger partial charge in [-0.3, -0.25) is 4.99 Å². The van der Waals surface area contributed by atoms with Gasteiger partial charge in [0, 0.05) is 6.20 Å². The predicted molar refractivity (Wildman–Crippen MR) is 78.2 cm³/mol. The summed E-state index contributed by atoms with van der Waals surface area (Å²) in [4.78, 5) is 3.63. The van der Waals surface area contributed by atoms with Gasteiger partial charge < -0.3 is 4.74 Å². The normalized spacial score (nSPS) is 13.0. The molecule has 0 fully saturated rings. The van der Waals surface area contributed by atoms with E-state index >= 15 is 0 Å². The van der Waals surface area contributed by atoms with Crippen molar-refractivity contribution in [3.05, 3.63) is 53.8 Å². The van der Waals surface area contributed by atoms with Crippen LogP contribution in [0.25, 0.3) is 0 Å². The van der Waals surface area contributed by atoms with Crippen LogP contribution in [0.4, 0.5) is 0 Å². The molecule has 1 aromatic rings. The molecule has 0 bridgehead atoms. The molecule has 1 atom stereocenters. The van der Waals surface area contributed by atoms with Crippen LogP contribution in [0, 0.1) is 17.2 Å². The largest absolute Gasteiger partial charge is 0.496 e. The summed E-state index contributed by atoms with van der Waals surface area (Å²) in [6.07, 6.45) is 5.91. The molecule has 0 N–H and O–H groups in total. The molecule has 0 aromatic heterocycles. The molecular formula is C16H18N2O. The summed E-state index contributed by atoms with van der Waals surface area (Å²) < 4.78 is 5.30. The van der Waals surface area contributed by atoms with E-state index in [9.17, 15) is 5.26 Å². The van der Waals surface area contributed by atoms with Gasteiger partial charge in [0.05, 0.1) is 19.1 Å². The van der Waals surface area contributed by atoms with Crippen LogP contribution in [0.5, 0.6) is 5.75 Å². The Morgan fingerprint density at radius 3 is 2.89 bits per heavy atom. The SMILES string of the molecule is C=NC=CC=C(C)C(C#N)Cc1ccccc1OC. The third-order valence-corrected chi connectivity index (χ3v) is 2.87. The number of ether oxygens (including phenoxy) is 1. The Bertz CT molecular complexity index is 524. The van der Waals surface area contributed by atoms with Crippen molar-refractivity contribution in [3.63, 3.8) is 0 Å². The van der Waals surface area contributed by atoms with Crippen LogP contribution < -0.4 is 4.74 Å². The number of nitriles is 1. The second-order valence-electron chi connectivity index (χ2n) is 4.13. The highest BCUT2D eigenvalue weighted by molar-refractivity contribution is 5.35. The summed E-state index contributed by atoms with van der Waals surface area (Å²) in [6.45, 7) is 5.31. The van der Waals surface area contributed by atoms with Crippen LogP contribution in [0.1, 0.15) is 12.5 Å². The summed E-state index contributed by atoms with van der Waals surface area (Å²) in [5, 5.41) is 9.29. The van der Waals surface area contributed by atoms with Crippen molar-refractivity contribution in [1.82, 2.24) is 0 Å². The molecule has 0 aliphatic heterocycles. The van der Waals surface area contributed by atoms with E-state index in [1.165, 1.54) is 0 Å². The fraction of sp³-hybridized carbons (Fsp3) is 0.250. The Labute approximate surface area is 114 Å². The minimum Gasteiger partial charge on any atom is -0.496 e. The van der Waals surface area contributed by atoms with Crippen LogP contribution in [-0.4, -0.2) is 13.8 Å². The Morgan fingerprint density at radius 2 is 2.26 bits per heavy atom. The summed E-state index contributed by atoms with van der Waals surface area (Å²) in [7, 11) is 1.64. The lowest BCUT2D eigenvalue weighted by Crippen LogP contribution is -2.05. The van der Waals surface area contributed by atoms with Crippen molar-refractivity contribution in [1.29, 1.82) is 5.26 Å². The molecule has 19 heavy (non-hydrogen) atoms. The average Bonchev–Trinajstić information content (AvgIpc) is 2.45. The highest BCUT2D eigenvalue weighted by Gasteiger charge is 2.13. The quantitative estimate of drug-likeness (QED) is 0.575. The molecule has 0 aliphatic rings. The average molecular weight is 254 g/mol. The van der Waals surface area contributed by atoms with Crippen molar-refractivity contribution in [2.75, 3.05) is 7.11 Å². The first-order valence-electron chi connectivity index (χ1n) is 6.03. The van der Waals surface area contributed by atoms with Gasteiger partial charge >= 0.3 is 0 Å². The summed E-state index contributed by atoms with van der Waals surface area (Å²) >= 11 is 0. The predicted octanol–water partition coefficient (Wildman–Crippen LogP) is 3.54. The molecule has 0 spiro atoms. The number of para-hydroxylation sites is 1. The minimum atomic E-state index is -0.175. The Kier molecular flexibility index (Phi) is 6.11. The summed E-state index contributed by atoms with van der Waals surface area (Å²) in [5.41, 5.74) is 2.03. The van der Waals surface area contributed by atoms with Gasteiger partial charge in [-0.2, -0.15) is 5.26 Å². The van der Waals surface area contributed by atoms with Crippen molar-refractivity contribution in [3.8, 4) is 11.8 Å². The van der Waals surface area contributed by atoms with Crippen LogP contribution >= 0.6 is 0 Å². The first-order valence-corrected chi connectivity index (χ1v) is 6.03. The standard InChI is InChI=1S/C16H18N2O/c1-13(7-6-10-18-2)15(12-17)11-14-8-4-5-9-16(14)19-3/h4-10,15H,2,11H2,1,3H3. The molecule has 0 saturated carbocycles. The third-order valence-electron chi connectivity index (χ3n) is 2.87. The summed E-state index contributed by atoms with van der Waals surface area (Å²) in [6, 6.07) is 10.1. The molecule has 3 nitrogen and oxygen atoms in total.